The van der Waals surface area contributed by atoms with E-state index in [0.29, 0.717) is 23.0 Å². The molecule has 0 aromatic carbocycles. The molecule has 0 saturated heterocycles. The molecule has 18 heavy (non-hydrogen) atoms. The Balaban J connectivity index is 2.49. The molecule has 0 radical (unpaired) electrons. The van der Waals surface area contributed by atoms with Gasteiger partial charge in [0.15, 0.2) is 0 Å². The lowest BCUT2D eigenvalue weighted by molar-refractivity contribution is 0.102. The number of carbonyl (C=O) groups excluding carboxylic acids is 1. The van der Waals surface area contributed by atoms with Crippen molar-refractivity contribution in [1.82, 2.24) is 19.6 Å². The second kappa shape index (κ2) is 4.94. The van der Waals surface area contributed by atoms with Gasteiger partial charge in [-0.3, -0.25) is 14.2 Å². The van der Waals surface area contributed by atoms with E-state index in [4.69, 9.17) is 11.6 Å². The van der Waals surface area contributed by atoms with E-state index < -0.39 is 0 Å². The van der Waals surface area contributed by atoms with Gasteiger partial charge in [0.05, 0.1) is 16.9 Å². The number of hydrogen-bond acceptors (Lipinski definition) is 3. The van der Waals surface area contributed by atoms with E-state index in [0.717, 1.165) is 12.1 Å². The number of aryl methyl sites for hydroxylation is 3. The van der Waals surface area contributed by atoms with Gasteiger partial charge in [-0.25, -0.2) is 0 Å². The molecule has 0 spiro atoms. The highest BCUT2D eigenvalue weighted by molar-refractivity contribution is 6.34. The van der Waals surface area contributed by atoms with E-state index in [2.05, 4.69) is 10.2 Å². The number of hydrogen-bond donors (Lipinski definition) is 0. The van der Waals surface area contributed by atoms with Crippen molar-refractivity contribution in [2.75, 3.05) is 0 Å². The Morgan fingerprint density at radius 2 is 2.17 bits per heavy atom. The Morgan fingerprint density at radius 1 is 1.44 bits per heavy atom. The third-order valence-corrected chi connectivity index (χ3v) is 3.11. The van der Waals surface area contributed by atoms with Crippen LogP contribution in [0.5, 0.6) is 0 Å². The summed E-state index contributed by atoms with van der Waals surface area (Å²) in [6, 6.07) is 1.81. The van der Waals surface area contributed by atoms with Crippen LogP contribution in [-0.4, -0.2) is 25.3 Å². The summed E-state index contributed by atoms with van der Waals surface area (Å²) < 4.78 is 3.19. The smallest absolute Gasteiger partial charge is 0.230 e. The highest BCUT2D eigenvalue weighted by Crippen LogP contribution is 2.19. The van der Waals surface area contributed by atoms with Gasteiger partial charge >= 0.3 is 0 Å². The van der Waals surface area contributed by atoms with Crippen LogP contribution in [0.2, 0.25) is 5.02 Å². The van der Waals surface area contributed by atoms with Crippen LogP contribution in [0, 0.1) is 0 Å². The summed E-state index contributed by atoms with van der Waals surface area (Å²) in [5.41, 5.74) is 1.85. The van der Waals surface area contributed by atoms with Crippen LogP contribution in [0.4, 0.5) is 0 Å². The molecule has 0 atom stereocenters. The number of rotatable bonds is 4. The maximum atomic E-state index is 12.5. The minimum atomic E-state index is -0.144. The van der Waals surface area contributed by atoms with E-state index in [1.54, 1.807) is 11.7 Å². The number of nitrogens with zero attached hydrogens (tertiary/aromatic N) is 4. The second-order valence-corrected chi connectivity index (χ2v) is 4.39. The van der Waals surface area contributed by atoms with Crippen molar-refractivity contribution in [1.29, 1.82) is 0 Å². The molecular weight excluding hydrogens is 252 g/mol. The van der Waals surface area contributed by atoms with Crippen molar-refractivity contribution in [3.63, 3.8) is 0 Å². The minimum absolute atomic E-state index is 0.144. The van der Waals surface area contributed by atoms with Crippen molar-refractivity contribution >= 4 is 17.4 Å². The molecule has 2 aromatic rings. The van der Waals surface area contributed by atoms with Crippen LogP contribution >= 0.6 is 11.6 Å². The van der Waals surface area contributed by atoms with Gasteiger partial charge in [-0.1, -0.05) is 18.5 Å². The summed E-state index contributed by atoms with van der Waals surface area (Å²) in [6.45, 7) is 4.61. The first-order valence-electron chi connectivity index (χ1n) is 5.87. The van der Waals surface area contributed by atoms with Crippen LogP contribution in [0.1, 0.15) is 35.7 Å². The van der Waals surface area contributed by atoms with Crippen molar-refractivity contribution in [3.8, 4) is 0 Å². The largest absolute Gasteiger partial charge is 0.285 e. The average molecular weight is 267 g/mol. The SMILES string of the molecule is CCc1cc(C(=O)c2c(Cl)cnn2C)n(CC)n1. The van der Waals surface area contributed by atoms with E-state index in [1.807, 2.05) is 19.9 Å². The zero-order valence-electron chi connectivity index (χ0n) is 10.6. The van der Waals surface area contributed by atoms with Crippen molar-refractivity contribution in [2.24, 2.45) is 7.05 Å². The highest BCUT2D eigenvalue weighted by Gasteiger charge is 2.21. The van der Waals surface area contributed by atoms with Crippen molar-refractivity contribution in [3.05, 3.63) is 34.4 Å². The Labute approximate surface area is 110 Å². The quantitative estimate of drug-likeness (QED) is 0.796. The van der Waals surface area contributed by atoms with E-state index in [9.17, 15) is 4.79 Å². The molecule has 5 nitrogen and oxygen atoms in total. The molecule has 0 amide bonds. The van der Waals surface area contributed by atoms with Gasteiger partial charge in [0.2, 0.25) is 5.78 Å². The number of halogens is 1. The van der Waals surface area contributed by atoms with Gasteiger partial charge in [-0.15, -0.1) is 0 Å². The molecule has 96 valence electrons. The first-order chi connectivity index (χ1) is 8.58. The van der Waals surface area contributed by atoms with Crippen LogP contribution in [0.25, 0.3) is 0 Å². The summed E-state index contributed by atoms with van der Waals surface area (Å²) in [5.74, 6) is -0.144. The molecule has 0 aliphatic heterocycles. The lowest BCUT2D eigenvalue weighted by Gasteiger charge is -2.04. The van der Waals surface area contributed by atoms with Gasteiger partial charge in [0.25, 0.3) is 0 Å². The molecule has 0 aliphatic carbocycles. The first kappa shape index (κ1) is 12.8. The minimum Gasteiger partial charge on any atom is -0.285 e. The van der Waals surface area contributed by atoms with Crippen LogP contribution < -0.4 is 0 Å². The summed E-state index contributed by atoms with van der Waals surface area (Å²) in [7, 11) is 1.70. The standard InChI is InChI=1S/C12H15ClN4O/c1-4-8-6-10(17(5-2)15-8)12(18)11-9(13)7-14-16(11)3/h6-7H,4-5H2,1-3H3. The lowest BCUT2D eigenvalue weighted by atomic mass is 10.2. The average Bonchev–Trinajstić information content (AvgIpc) is 2.92. The van der Waals surface area contributed by atoms with E-state index in [1.165, 1.54) is 10.9 Å². The van der Waals surface area contributed by atoms with Crippen molar-refractivity contribution in [2.45, 2.75) is 26.8 Å². The molecule has 2 aromatic heterocycles. The van der Waals surface area contributed by atoms with Gasteiger partial charge in [0, 0.05) is 13.6 Å². The molecule has 0 saturated carbocycles. The summed E-state index contributed by atoms with van der Waals surface area (Å²) in [6.07, 6.45) is 2.27. The summed E-state index contributed by atoms with van der Waals surface area (Å²) in [4.78, 5) is 12.5. The Kier molecular flexibility index (Phi) is 3.52. The normalized spacial score (nSPS) is 10.9. The Hall–Kier alpha value is -1.62. The topological polar surface area (TPSA) is 52.7 Å². The molecule has 0 unspecified atom stereocenters. The van der Waals surface area contributed by atoms with Gasteiger partial charge in [-0.05, 0) is 19.4 Å². The maximum Gasteiger partial charge on any atom is 0.230 e. The monoisotopic (exact) mass is 266 g/mol. The zero-order chi connectivity index (χ0) is 13.3. The Bertz CT molecular complexity index is 565. The third kappa shape index (κ3) is 2.06. The fourth-order valence-corrected chi connectivity index (χ4v) is 2.11. The number of aromatic nitrogens is 4. The zero-order valence-corrected chi connectivity index (χ0v) is 11.4. The molecule has 2 heterocycles. The van der Waals surface area contributed by atoms with E-state index >= 15 is 0 Å². The third-order valence-electron chi connectivity index (χ3n) is 2.83. The maximum absolute atomic E-state index is 12.5. The Morgan fingerprint density at radius 3 is 2.67 bits per heavy atom. The molecule has 0 aliphatic rings. The molecule has 0 N–H and O–H groups in total. The van der Waals surface area contributed by atoms with E-state index in [-0.39, 0.29) is 5.78 Å². The molecular formula is C12H15ClN4O. The molecule has 0 fully saturated rings. The van der Waals surface area contributed by atoms with Crippen LogP contribution in [-0.2, 0) is 20.0 Å². The molecule has 2 rings (SSSR count). The second-order valence-electron chi connectivity index (χ2n) is 3.98. The lowest BCUT2D eigenvalue weighted by Crippen LogP contribution is -2.14. The predicted molar refractivity (Wildman–Crippen MR) is 68.9 cm³/mol. The van der Waals surface area contributed by atoms with Gasteiger partial charge in [-0.2, -0.15) is 10.2 Å². The van der Waals surface area contributed by atoms with Gasteiger partial charge < -0.3 is 0 Å². The summed E-state index contributed by atoms with van der Waals surface area (Å²) >= 11 is 5.99. The fourth-order valence-electron chi connectivity index (χ4n) is 1.85. The van der Waals surface area contributed by atoms with Crippen LogP contribution in [0.15, 0.2) is 12.3 Å². The van der Waals surface area contributed by atoms with Gasteiger partial charge in [0.1, 0.15) is 11.4 Å². The highest BCUT2D eigenvalue weighted by atomic mass is 35.5. The molecule has 0 bridgehead atoms. The number of ketones is 1. The van der Waals surface area contributed by atoms with Crippen molar-refractivity contribution < 1.29 is 4.79 Å². The first-order valence-corrected chi connectivity index (χ1v) is 6.25. The fraction of sp³-hybridized carbons (Fsp3) is 0.417. The summed E-state index contributed by atoms with van der Waals surface area (Å²) in [5, 5.41) is 8.71. The predicted octanol–water partition coefficient (Wildman–Crippen LogP) is 2.08. The van der Waals surface area contributed by atoms with Crippen LogP contribution in [0.3, 0.4) is 0 Å². The number of carbonyl (C=O) groups is 1. The molecule has 6 heteroatoms.